The normalized spacial score (nSPS) is 10.4. The van der Waals surface area contributed by atoms with Gasteiger partial charge in [-0.15, -0.1) is 0 Å². The lowest BCUT2D eigenvalue weighted by Crippen LogP contribution is -1.97. The third kappa shape index (κ3) is 2.70. The second kappa shape index (κ2) is 5.48. The molecule has 3 N–H and O–H groups in total. The molecule has 0 aliphatic rings. The van der Waals surface area contributed by atoms with E-state index in [0.717, 1.165) is 0 Å². The van der Waals surface area contributed by atoms with E-state index in [2.05, 4.69) is 5.32 Å². The zero-order valence-electron chi connectivity index (χ0n) is 9.32. The van der Waals surface area contributed by atoms with Gasteiger partial charge in [0.15, 0.2) is 0 Å². The van der Waals surface area contributed by atoms with Gasteiger partial charge < -0.3 is 15.5 Å². The van der Waals surface area contributed by atoms with Gasteiger partial charge in [-0.1, -0.05) is 29.3 Å². The summed E-state index contributed by atoms with van der Waals surface area (Å²) in [7, 11) is 0. The minimum atomic E-state index is -0.196. The molecule has 0 aliphatic heterocycles. The van der Waals surface area contributed by atoms with Gasteiger partial charge in [0.2, 0.25) is 0 Å². The lowest BCUT2D eigenvalue weighted by Gasteiger charge is -2.13. The first-order valence-corrected chi connectivity index (χ1v) is 6.01. The van der Waals surface area contributed by atoms with E-state index < -0.39 is 0 Å². The smallest absolute Gasteiger partial charge is 0.116 e. The van der Waals surface area contributed by atoms with Crippen molar-refractivity contribution in [3.63, 3.8) is 0 Å². The van der Waals surface area contributed by atoms with Crippen LogP contribution in [0.15, 0.2) is 36.4 Å². The van der Waals surface area contributed by atoms with Crippen molar-refractivity contribution in [3.8, 4) is 5.75 Å². The number of rotatable bonds is 3. The number of aliphatic hydroxyl groups excluding tert-OH is 1. The number of phenolic OH excluding ortho intramolecular Hbond substituents is 1. The fourth-order valence-electron chi connectivity index (χ4n) is 1.58. The van der Waals surface area contributed by atoms with Crippen molar-refractivity contribution in [1.29, 1.82) is 0 Å². The first-order valence-electron chi connectivity index (χ1n) is 5.25. The number of para-hydroxylation sites is 1. The summed E-state index contributed by atoms with van der Waals surface area (Å²) in [5, 5.41) is 22.6. The summed E-state index contributed by atoms with van der Waals surface area (Å²) in [5.74, 6) is 0.0925. The summed E-state index contributed by atoms with van der Waals surface area (Å²) in [6.45, 7) is -0.196. The lowest BCUT2D eigenvalue weighted by atomic mass is 10.1. The number of phenols is 1. The highest BCUT2D eigenvalue weighted by Crippen LogP contribution is 2.34. The molecule has 2 aromatic carbocycles. The van der Waals surface area contributed by atoms with Crippen molar-refractivity contribution in [2.45, 2.75) is 6.61 Å². The van der Waals surface area contributed by atoms with E-state index in [0.29, 0.717) is 27.0 Å². The molecule has 5 heteroatoms. The predicted octanol–water partition coefficient (Wildman–Crippen LogP) is 3.93. The van der Waals surface area contributed by atoms with E-state index in [4.69, 9.17) is 23.2 Å². The molecule has 0 radical (unpaired) electrons. The maximum atomic E-state index is 9.35. The average Bonchev–Trinajstić information content (AvgIpc) is 2.35. The van der Waals surface area contributed by atoms with Crippen LogP contribution >= 0.6 is 23.2 Å². The third-order valence-corrected chi connectivity index (χ3v) is 3.11. The number of anilines is 2. The fourth-order valence-corrected chi connectivity index (χ4v) is 2.08. The number of aliphatic hydroxyl groups is 1. The number of halogens is 2. The molecule has 0 unspecified atom stereocenters. The maximum absolute atomic E-state index is 9.35. The number of nitrogens with one attached hydrogen (secondary N) is 1. The lowest BCUT2D eigenvalue weighted by molar-refractivity contribution is 0.282. The zero-order chi connectivity index (χ0) is 13.1. The van der Waals surface area contributed by atoms with Crippen molar-refractivity contribution >= 4 is 34.6 Å². The Morgan fingerprint density at radius 3 is 2.33 bits per heavy atom. The van der Waals surface area contributed by atoms with Crippen LogP contribution in [0.5, 0.6) is 5.75 Å². The molecule has 3 nitrogen and oxygen atoms in total. The number of hydrogen-bond acceptors (Lipinski definition) is 3. The molecule has 2 rings (SSSR count). The Morgan fingerprint density at radius 1 is 1.06 bits per heavy atom. The van der Waals surface area contributed by atoms with Crippen LogP contribution in [-0.2, 0) is 6.61 Å². The van der Waals surface area contributed by atoms with Gasteiger partial charge in [0, 0.05) is 11.3 Å². The van der Waals surface area contributed by atoms with Gasteiger partial charge in [-0.2, -0.15) is 0 Å². The molecule has 0 bridgehead atoms. The van der Waals surface area contributed by atoms with Crippen molar-refractivity contribution in [2.24, 2.45) is 0 Å². The largest absolute Gasteiger partial charge is 0.508 e. The number of aromatic hydroxyl groups is 1. The molecule has 94 valence electrons. The Labute approximate surface area is 115 Å². The monoisotopic (exact) mass is 283 g/mol. The molecular formula is C13H11Cl2NO2. The first-order chi connectivity index (χ1) is 8.61. The van der Waals surface area contributed by atoms with Crippen molar-refractivity contribution in [1.82, 2.24) is 0 Å². The van der Waals surface area contributed by atoms with Gasteiger partial charge in [0.25, 0.3) is 0 Å². The summed E-state index contributed by atoms with van der Waals surface area (Å²) in [4.78, 5) is 0. The molecule has 18 heavy (non-hydrogen) atoms. The first kappa shape index (κ1) is 13.0. The van der Waals surface area contributed by atoms with E-state index in [1.807, 2.05) is 0 Å². The predicted molar refractivity (Wildman–Crippen MR) is 73.8 cm³/mol. The number of hydrogen-bond donors (Lipinski definition) is 3. The molecule has 0 saturated carbocycles. The third-order valence-electron chi connectivity index (χ3n) is 2.48. The van der Waals surface area contributed by atoms with Gasteiger partial charge in [-0.25, -0.2) is 0 Å². The standard InChI is InChI=1S/C13H11Cl2NO2/c14-10-2-1-3-11(15)13(10)16-12-5-4-9(18)6-8(12)7-17/h1-6,16-18H,7H2. The van der Waals surface area contributed by atoms with E-state index >= 15 is 0 Å². The summed E-state index contributed by atoms with van der Waals surface area (Å²) in [6.07, 6.45) is 0. The van der Waals surface area contributed by atoms with Crippen LogP contribution < -0.4 is 5.32 Å². The Hall–Kier alpha value is -1.42. The molecule has 0 saturated heterocycles. The SMILES string of the molecule is OCc1cc(O)ccc1Nc1c(Cl)cccc1Cl. The molecule has 0 aliphatic carbocycles. The summed E-state index contributed by atoms with van der Waals surface area (Å²) < 4.78 is 0. The molecule has 0 fully saturated rings. The van der Waals surface area contributed by atoms with Crippen LogP contribution in [0.3, 0.4) is 0 Å². The van der Waals surface area contributed by atoms with Crippen LogP contribution in [0.2, 0.25) is 10.0 Å². The average molecular weight is 284 g/mol. The van der Waals surface area contributed by atoms with E-state index in [1.54, 1.807) is 24.3 Å². The Morgan fingerprint density at radius 2 is 1.72 bits per heavy atom. The van der Waals surface area contributed by atoms with Crippen molar-refractivity contribution in [3.05, 3.63) is 52.0 Å². The molecular weight excluding hydrogens is 273 g/mol. The van der Waals surface area contributed by atoms with Gasteiger partial charge in [0.1, 0.15) is 5.75 Å². The maximum Gasteiger partial charge on any atom is 0.116 e. The minimum absolute atomic E-state index is 0.0925. The van der Waals surface area contributed by atoms with Crippen molar-refractivity contribution in [2.75, 3.05) is 5.32 Å². The second-order valence-electron chi connectivity index (χ2n) is 3.72. The van der Waals surface area contributed by atoms with Crippen LogP contribution in [0.4, 0.5) is 11.4 Å². The molecule has 0 aromatic heterocycles. The van der Waals surface area contributed by atoms with Crippen LogP contribution in [0.25, 0.3) is 0 Å². The highest BCUT2D eigenvalue weighted by molar-refractivity contribution is 6.39. The summed E-state index contributed by atoms with van der Waals surface area (Å²) in [5.41, 5.74) is 1.78. The van der Waals surface area contributed by atoms with Gasteiger partial charge in [-0.05, 0) is 30.3 Å². The fraction of sp³-hybridized carbons (Fsp3) is 0.0769. The van der Waals surface area contributed by atoms with Gasteiger partial charge in [0.05, 0.1) is 22.3 Å². The molecule has 0 amide bonds. The molecule has 2 aromatic rings. The Kier molecular flexibility index (Phi) is 3.97. The highest BCUT2D eigenvalue weighted by Gasteiger charge is 2.08. The van der Waals surface area contributed by atoms with Crippen molar-refractivity contribution < 1.29 is 10.2 Å². The summed E-state index contributed by atoms with van der Waals surface area (Å²) >= 11 is 12.1. The van der Waals surface area contributed by atoms with E-state index in [1.165, 1.54) is 12.1 Å². The highest BCUT2D eigenvalue weighted by atomic mass is 35.5. The molecule has 0 spiro atoms. The minimum Gasteiger partial charge on any atom is -0.508 e. The Bertz CT molecular complexity index is 553. The Balaban J connectivity index is 2.40. The quantitative estimate of drug-likeness (QED) is 0.748. The van der Waals surface area contributed by atoms with Gasteiger partial charge >= 0.3 is 0 Å². The second-order valence-corrected chi connectivity index (χ2v) is 4.54. The molecule has 0 atom stereocenters. The van der Waals surface area contributed by atoms with E-state index in [9.17, 15) is 10.2 Å². The van der Waals surface area contributed by atoms with Gasteiger partial charge in [-0.3, -0.25) is 0 Å². The number of benzene rings is 2. The molecule has 0 heterocycles. The topological polar surface area (TPSA) is 52.5 Å². The van der Waals surface area contributed by atoms with Crippen LogP contribution in [-0.4, -0.2) is 10.2 Å². The van der Waals surface area contributed by atoms with E-state index in [-0.39, 0.29) is 12.4 Å². The van der Waals surface area contributed by atoms with Crippen LogP contribution in [0, 0.1) is 0 Å². The summed E-state index contributed by atoms with van der Waals surface area (Å²) in [6, 6.07) is 9.84. The zero-order valence-corrected chi connectivity index (χ0v) is 10.8. The van der Waals surface area contributed by atoms with Crippen LogP contribution in [0.1, 0.15) is 5.56 Å².